The van der Waals surface area contributed by atoms with E-state index >= 15 is 4.39 Å². The predicted molar refractivity (Wildman–Crippen MR) is 111 cm³/mol. The van der Waals surface area contributed by atoms with E-state index in [1.807, 2.05) is 12.1 Å². The molecule has 0 N–H and O–H groups in total. The molecule has 2 aromatic rings. The molecular formula is C25H28F2O3. The molecule has 0 spiro atoms. The van der Waals surface area contributed by atoms with Crippen LogP contribution < -0.4 is 4.74 Å². The van der Waals surface area contributed by atoms with Crippen molar-refractivity contribution < 1.29 is 23.0 Å². The molecule has 1 atom stereocenters. The van der Waals surface area contributed by atoms with Gasteiger partial charge in [-0.05, 0) is 66.3 Å². The molecule has 1 aliphatic carbocycles. The van der Waals surface area contributed by atoms with Gasteiger partial charge in [0.25, 0.3) is 0 Å². The first-order valence-corrected chi connectivity index (χ1v) is 10.9. The highest BCUT2D eigenvalue weighted by atomic mass is 19.1. The van der Waals surface area contributed by atoms with Gasteiger partial charge in [-0.25, -0.2) is 13.6 Å². The lowest BCUT2D eigenvalue weighted by molar-refractivity contribution is 0.0244. The molecule has 1 fully saturated rings. The molecule has 30 heavy (non-hydrogen) atoms. The van der Waals surface area contributed by atoms with E-state index in [2.05, 4.69) is 6.92 Å². The number of carbonyl (C=O) groups excluding carboxylic acids is 1. The highest BCUT2D eigenvalue weighted by Gasteiger charge is 2.33. The lowest BCUT2D eigenvalue weighted by atomic mass is 9.76. The van der Waals surface area contributed by atoms with E-state index in [4.69, 9.17) is 9.47 Å². The maximum Gasteiger partial charge on any atom is 0.342 e. The minimum Gasteiger partial charge on any atom is -0.494 e. The largest absolute Gasteiger partial charge is 0.494 e. The number of rotatable bonds is 5. The highest BCUT2D eigenvalue weighted by Crippen LogP contribution is 2.41. The van der Waals surface area contributed by atoms with Gasteiger partial charge in [0, 0.05) is 6.42 Å². The minimum atomic E-state index is -0.670. The summed E-state index contributed by atoms with van der Waals surface area (Å²) in [4.78, 5) is 12.7. The molecule has 1 aliphatic heterocycles. The van der Waals surface area contributed by atoms with Gasteiger partial charge in [0.15, 0.2) is 11.6 Å². The van der Waals surface area contributed by atoms with Gasteiger partial charge in [-0.1, -0.05) is 38.0 Å². The van der Waals surface area contributed by atoms with Crippen LogP contribution in [0.3, 0.4) is 0 Å². The van der Waals surface area contributed by atoms with Crippen molar-refractivity contribution in [1.82, 2.24) is 0 Å². The molecular weight excluding hydrogens is 386 g/mol. The Morgan fingerprint density at radius 1 is 1.10 bits per heavy atom. The summed E-state index contributed by atoms with van der Waals surface area (Å²) < 4.78 is 39.9. The molecule has 0 radical (unpaired) electrons. The first kappa shape index (κ1) is 20.8. The van der Waals surface area contributed by atoms with Crippen LogP contribution in [0.25, 0.3) is 0 Å². The molecule has 160 valence electrons. The quantitative estimate of drug-likeness (QED) is 0.524. The first-order chi connectivity index (χ1) is 14.5. The Bertz CT molecular complexity index is 932. The first-order valence-electron chi connectivity index (χ1n) is 10.9. The van der Waals surface area contributed by atoms with Crippen LogP contribution in [0, 0.1) is 17.6 Å². The topological polar surface area (TPSA) is 35.5 Å². The van der Waals surface area contributed by atoms with Gasteiger partial charge in [-0.2, -0.15) is 0 Å². The number of ether oxygens (including phenoxy) is 2. The van der Waals surface area contributed by atoms with Gasteiger partial charge in [0.1, 0.15) is 11.9 Å². The molecule has 0 aromatic heterocycles. The molecule has 1 saturated carbocycles. The van der Waals surface area contributed by atoms with Crippen LogP contribution in [0.5, 0.6) is 5.75 Å². The summed E-state index contributed by atoms with van der Waals surface area (Å²) in [5, 5.41) is 0. The lowest BCUT2D eigenvalue weighted by Gasteiger charge is -2.31. The molecule has 0 bridgehead atoms. The van der Waals surface area contributed by atoms with Crippen molar-refractivity contribution in [3.05, 3.63) is 64.2 Å². The van der Waals surface area contributed by atoms with E-state index in [1.165, 1.54) is 32.1 Å². The Morgan fingerprint density at radius 2 is 1.87 bits per heavy atom. The maximum absolute atomic E-state index is 15.3. The molecule has 0 saturated heterocycles. The Hall–Kier alpha value is -2.43. The Balaban J connectivity index is 1.55. The van der Waals surface area contributed by atoms with Crippen molar-refractivity contribution in [2.24, 2.45) is 5.92 Å². The van der Waals surface area contributed by atoms with E-state index < -0.39 is 23.7 Å². The molecule has 0 amide bonds. The predicted octanol–water partition coefficient (Wildman–Crippen LogP) is 6.50. The zero-order valence-electron chi connectivity index (χ0n) is 17.5. The minimum absolute atomic E-state index is 0.0495. The Morgan fingerprint density at radius 3 is 2.53 bits per heavy atom. The van der Waals surface area contributed by atoms with Gasteiger partial charge < -0.3 is 9.47 Å². The summed E-state index contributed by atoms with van der Waals surface area (Å²) in [5.74, 6) is -0.595. The summed E-state index contributed by atoms with van der Waals surface area (Å²) in [5.41, 5.74) is 1.84. The van der Waals surface area contributed by atoms with E-state index in [0.717, 1.165) is 31.6 Å². The number of hydrogen-bond acceptors (Lipinski definition) is 3. The third-order valence-corrected chi connectivity index (χ3v) is 6.65. The Labute approximate surface area is 176 Å². The second kappa shape index (κ2) is 8.75. The fourth-order valence-corrected chi connectivity index (χ4v) is 5.01. The third kappa shape index (κ3) is 3.94. The van der Waals surface area contributed by atoms with Gasteiger partial charge in [-0.3, -0.25) is 0 Å². The fourth-order valence-electron chi connectivity index (χ4n) is 5.01. The smallest absolute Gasteiger partial charge is 0.342 e. The van der Waals surface area contributed by atoms with E-state index in [9.17, 15) is 9.18 Å². The molecule has 2 aromatic carbocycles. The van der Waals surface area contributed by atoms with Gasteiger partial charge >= 0.3 is 5.97 Å². The Kier molecular flexibility index (Phi) is 6.07. The van der Waals surface area contributed by atoms with Crippen molar-refractivity contribution in [1.29, 1.82) is 0 Å². The summed E-state index contributed by atoms with van der Waals surface area (Å²) in [7, 11) is 1.39. The van der Waals surface area contributed by atoms with Crippen LogP contribution in [0.2, 0.25) is 0 Å². The molecule has 1 unspecified atom stereocenters. The number of carbonyl (C=O) groups is 1. The summed E-state index contributed by atoms with van der Waals surface area (Å²) in [6.45, 7) is 2.20. The van der Waals surface area contributed by atoms with Gasteiger partial charge in [0.05, 0.1) is 12.7 Å². The zero-order valence-corrected chi connectivity index (χ0v) is 17.5. The normalized spacial score (nSPS) is 23.6. The highest BCUT2D eigenvalue weighted by molar-refractivity contribution is 5.93. The lowest BCUT2D eigenvalue weighted by Crippen LogP contribution is -2.25. The van der Waals surface area contributed by atoms with Crippen LogP contribution in [-0.2, 0) is 11.2 Å². The number of esters is 1. The summed E-state index contributed by atoms with van der Waals surface area (Å²) >= 11 is 0. The number of benzene rings is 2. The van der Waals surface area contributed by atoms with Crippen molar-refractivity contribution >= 4 is 5.97 Å². The molecule has 5 heteroatoms. The van der Waals surface area contributed by atoms with Crippen LogP contribution in [0.1, 0.15) is 84.5 Å². The van der Waals surface area contributed by atoms with Gasteiger partial charge in [0.2, 0.25) is 0 Å². The van der Waals surface area contributed by atoms with Crippen molar-refractivity contribution in [3.63, 3.8) is 0 Å². The molecule has 4 rings (SSSR count). The fraction of sp³-hybridized carbons (Fsp3) is 0.480. The summed E-state index contributed by atoms with van der Waals surface area (Å²) in [6, 6.07) is 8.17. The van der Waals surface area contributed by atoms with Crippen LogP contribution in [0.4, 0.5) is 8.78 Å². The maximum atomic E-state index is 15.3. The molecule has 3 nitrogen and oxygen atoms in total. The van der Waals surface area contributed by atoms with Gasteiger partial charge in [-0.15, -0.1) is 0 Å². The van der Waals surface area contributed by atoms with Crippen molar-refractivity contribution in [3.8, 4) is 5.75 Å². The number of cyclic esters (lactones) is 1. The van der Waals surface area contributed by atoms with E-state index in [0.29, 0.717) is 23.1 Å². The van der Waals surface area contributed by atoms with Crippen LogP contribution >= 0.6 is 0 Å². The second-order valence-corrected chi connectivity index (χ2v) is 8.50. The van der Waals surface area contributed by atoms with E-state index in [1.54, 1.807) is 6.07 Å². The average Bonchev–Trinajstić information content (AvgIpc) is 2.74. The molecule has 1 heterocycles. The van der Waals surface area contributed by atoms with Crippen LogP contribution in [-0.4, -0.2) is 13.1 Å². The van der Waals surface area contributed by atoms with Crippen LogP contribution in [0.15, 0.2) is 30.3 Å². The summed E-state index contributed by atoms with van der Waals surface area (Å²) in [6.07, 6.45) is 6.27. The standard InChI is InChI=1S/C25H28F2O3/c1-3-4-15-5-7-16(8-6-15)19-11-9-18-14-22(30-25(28)23(18)24(19)27)17-10-12-21(29-2)20(26)13-17/h9-13,15-16,22H,3-8,14H2,1-2H3. The second-order valence-electron chi connectivity index (χ2n) is 8.50. The zero-order chi connectivity index (χ0) is 21.3. The SMILES string of the molecule is CCCC1CCC(c2ccc3c(c2F)C(=O)OC(c2ccc(OC)c(F)c2)C3)CC1. The average molecular weight is 414 g/mol. The van der Waals surface area contributed by atoms with Crippen molar-refractivity contribution in [2.75, 3.05) is 7.11 Å². The van der Waals surface area contributed by atoms with E-state index in [-0.39, 0.29) is 17.2 Å². The van der Waals surface area contributed by atoms with Crippen molar-refractivity contribution in [2.45, 2.75) is 63.9 Å². The molecule has 2 aliphatic rings. The number of methoxy groups -OCH3 is 1. The number of halogens is 2. The number of fused-ring (bicyclic) bond motifs is 1. The number of hydrogen-bond donors (Lipinski definition) is 0. The third-order valence-electron chi connectivity index (χ3n) is 6.65. The monoisotopic (exact) mass is 414 g/mol.